The van der Waals surface area contributed by atoms with Gasteiger partial charge in [0.15, 0.2) is 0 Å². The van der Waals surface area contributed by atoms with Crippen molar-refractivity contribution in [2.75, 3.05) is 23.7 Å². The first-order chi connectivity index (χ1) is 9.11. The number of nitrogen functional groups attached to an aromatic ring is 1. The molecule has 1 aromatic rings. The summed E-state index contributed by atoms with van der Waals surface area (Å²) in [6.45, 7) is 10.4. The van der Waals surface area contributed by atoms with Gasteiger partial charge in [0.1, 0.15) is 4.90 Å². The van der Waals surface area contributed by atoms with E-state index in [9.17, 15) is 8.42 Å². The van der Waals surface area contributed by atoms with Crippen molar-refractivity contribution in [2.24, 2.45) is 17.0 Å². The van der Waals surface area contributed by atoms with E-state index in [0.29, 0.717) is 11.8 Å². The van der Waals surface area contributed by atoms with E-state index in [1.807, 2.05) is 0 Å². The maximum Gasteiger partial charge on any atom is 0.240 e. The van der Waals surface area contributed by atoms with E-state index in [2.05, 4.69) is 32.6 Å². The SMILES string of the molecule is CC(C)CN(CC(C)C)c1ccc(S(N)(=O)=O)c(N)c1. The van der Waals surface area contributed by atoms with Crippen LogP contribution < -0.4 is 15.8 Å². The van der Waals surface area contributed by atoms with E-state index >= 15 is 0 Å². The second-order valence-electron chi connectivity index (χ2n) is 5.96. The molecule has 0 aliphatic carbocycles. The summed E-state index contributed by atoms with van der Waals surface area (Å²) < 4.78 is 22.7. The van der Waals surface area contributed by atoms with E-state index in [1.54, 1.807) is 12.1 Å². The minimum atomic E-state index is -3.77. The van der Waals surface area contributed by atoms with Gasteiger partial charge in [0.25, 0.3) is 0 Å². The molecular formula is C14H25N3O2S. The van der Waals surface area contributed by atoms with Gasteiger partial charge in [-0.2, -0.15) is 0 Å². The molecule has 4 N–H and O–H groups in total. The Morgan fingerprint density at radius 2 is 1.60 bits per heavy atom. The number of hydrogen-bond donors (Lipinski definition) is 2. The van der Waals surface area contributed by atoms with Gasteiger partial charge in [0.2, 0.25) is 10.0 Å². The number of primary sulfonamides is 1. The highest BCUT2D eigenvalue weighted by atomic mass is 32.2. The van der Waals surface area contributed by atoms with Gasteiger partial charge in [-0.1, -0.05) is 27.7 Å². The molecule has 0 aliphatic heterocycles. The van der Waals surface area contributed by atoms with Crippen LogP contribution in [0.25, 0.3) is 0 Å². The summed E-state index contributed by atoms with van der Waals surface area (Å²) in [4.78, 5) is 2.20. The van der Waals surface area contributed by atoms with Crippen LogP contribution >= 0.6 is 0 Å². The second-order valence-corrected chi connectivity index (χ2v) is 7.49. The molecule has 5 nitrogen and oxygen atoms in total. The largest absolute Gasteiger partial charge is 0.398 e. The van der Waals surface area contributed by atoms with Crippen LogP contribution in [0.15, 0.2) is 23.1 Å². The molecule has 0 bridgehead atoms. The fourth-order valence-electron chi connectivity index (χ4n) is 2.16. The first kappa shape index (κ1) is 16.8. The Kier molecular flexibility index (Phi) is 5.42. The lowest BCUT2D eigenvalue weighted by molar-refractivity contribution is 0.552. The number of rotatable bonds is 6. The number of benzene rings is 1. The van der Waals surface area contributed by atoms with Crippen molar-refractivity contribution in [1.82, 2.24) is 0 Å². The average molecular weight is 299 g/mol. The summed E-state index contributed by atoms with van der Waals surface area (Å²) in [5.74, 6) is 1.01. The van der Waals surface area contributed by atoms with Gasteiger partial charge in [-0.15, -0.1) is 0 Å². The third-order valence-electron chi connectivity index (χ3n) is 2.84. The molecule has 0 spiro atoms. The Hall–Kier alpha value is -1.27. The van der Waals surface area contributed by atoms with Crippen LogP contribution in [0.3, 0.4) is 0 Å². The summed E-state index contributed by atoms with van der Waals surface area (Å²) >= 11 is 0. The molecule has 0 aromatic heterocycles. The average Bonchev–Trinajstić information content (AvgIpc) is 2.24. The standard InChI is InChI=1S/C14H25N3O2S/c1-10(2)8-17(9-11(3)4)12-5-6-14(13(15)7-12)20(16,18)19/h5-7,10-11H,8-9,15H2,1-4H3,(H2,16,18,19). The minimum Gasteiger partial charge on any atom is -0.398 e. The van der Waals surface area contributed by atoms with Crippen molar-refractivity contribution in [2.45, 2.75) is 32.6 Å². The number of anilines is 2. The zero-order chi connectivity index (χ0) is 15.5. The molecule has 0 heterocycles. The highest BCUT2D eigenvalue weighted by Gasteiger charge is 2.16. The fraction of sp³-hybridized carbons (Fsp3) is 0.571. The predicted molar refractivity (Wildman–Crippen MR) is 84.1 cm³/mol. The number of nitrogens with two attached hydrogens (primary N) is 2. The Balaban J connectivity index is 3.12. The van der Waals surface area contributed by atoms with Gasteiger partial charge in [0, 0.05) is 18.8 Å². The van der Waals surface area contributed by atoms with Crippen LogP contribution in [0, 0.1) is 11.8 Å². The molecule has 0 unspecified atom stereocenters. The van der Waals surface area contributed by atoms with Crippen molar-refractivity contribution in [3.05, 3.63) is 18.2 Å². The maximum atomic E-state index is 11.4. The smallest absolute Gasteiger partial charge is 0.240 e. The topological polar surface area (TPSA) is 89.4 Å². The summed E-state index contributed by atoms with van der Waals surface area (Å²) in [7, 11) is -3.77. The van der Waals surface area contributed by atoms with Crippen LogP contribution in [-0.2, 0) is 10.0 Å². The van der Waals surface area contributed by atoms with Crippen molar-refractivity contribution in [3.8, 4) is 0 Å². The molecule has 6 heteroatoms. The summed E-state index contributed by atoms with van der Waals surface area (Å²) in [6.07, 6.45) is 0. The quantitative estimate of drug-likeness (QED) is 0.787. The van der Waals surface area contributed by atoms with Gasteiger partial charge >= 0.3 is 0 Å². The Labute approximate surface area is 122 Å². The van der Waals surface area contributed by atoms with Crippen LogP contribution in [0.1, 0.15) is 27.7 Å². The van der Waals surface area contributed by atoms with Gasteiger partial charge in [-0.05, 0) is 30.0 Å². The van der Waals surface area contributed by atoms with Crippen LogP contribution in [0.5, 0.6) is 0 Å². The van der Waals surface area contributed by atoms with Crippen molar-refractivity contribution < 1.29 is 8.42 Å². The van der Waals surface area contributed by atoms with Crippen LogP contribution in [-0.4, -0.2) is 21.5 Å². The lowest BCUT2D eigenvalue weighted by Gasteiger charge is -2.29. The predicted octanol–water partition coefficient (Wildman–Crippen LogP) is 2.03. The third-order valence-corrected chi connectivity index (χ3v) is 3.82. The van der Waals surface area contributed by atoms with E-state index in [0.717, 1.165) is 18.8 Å². The van der Waals surface area contributed by atoms with Gasteiger partial charge < -0.3 is 10.6 Å². The van der Waals surface area contributed by atoms with E-state index in [-0.39, 0.29) is 10.6 Å². The summed E-state index contributed by atoms with van der Waals surface area (Å²) in [6, 6.07) is 4.93. The first-order valence-corrected chi connectivity index (χ1v) is 8.33. The van der Waals surface area contributed by atoms with E-state index in [4.69, 9.17) is 10.9 Å². The zero-order valence-electron chi connectivity index (χ0n) is 12.6. The van der Waals surface area contributed by atoms with E-state index in [1.165, 1.54) is 6.07 Å². The normalized spacial score (nSPS) is 12.2. The molecule has 1 rings (SSSR count). The van der Waals surface area contributed by atoms with Gasteiger partial charge in [0.05, 0.1) is 5.69 Å². The number of hydrogen-bond acceptors (Lipinski definition) is 4. The lowest BCUT2D eigenvalue weighted by Crippen LogP contribution is -2.31. The summed E-state index contributed by atoms with van der Waals surface area (Å²) in [5.41, 5.74) is 6.95. The monoisotopic (exact) mass is 299 g/mol. The van der Waals surface area contributed by atoms with E-state index < -0.39 is 10.0 Å². The Bertz CT molecular complexity index is 544. The molecule has 114 valence electrons. The molecule has 0 fully saturated rings. The van der Waals surface area contributed by atoms with Crippen LogP contribution in [0.4, 0.5) is 11.4 Å². The number of sulfonamides is 1. The van der Waals surface area contributed by atoms with Gasteiger partial charge in [-0.3, -0.25) is 0 Å². The minimum absolute atomic E-state index is 0.0182. The van der Waals surface area contributed by atoms with Crippen molar-refractivity contribution in [1.29, 1.82) is 0 Å². The molecule has 0 radical (unpaired) electrons. The third kappa shape index (κ3) is 4.68. The zero-order valence-corrected chi connectivity index (χ0v) is 13.4. The molecule has 0 amide bonds. The first-order valence-electron chi connectivity index (χ1n) is 6.78. The summed E-state index contributed by atoms with van der Waals surface area (Å²) in [5, 5.41) is 5.12. The fourth-order valence-corrected chi connectivity index (χ4v) is 2.80. The highest BCUT2D eigenvalue weighted by Crippen LogP contribution is 2.25. The maximum absolute atomic E-state index is 11.4. The molecule has 1 aromatic carbocycles. The molecule has 0 aliphatic rings. The lowest BCUT2D eigenvalue weighted by atomic mass is 10.1. The van der Waals surface area contributed by atoms with Crippen molar-refractivity contribution >= 4 is 21.4 Å². The molecule has 0 atom stereocenters. The molecule has 0 saturated carbocycles. The highest BCUT2D eigenvalue weighted by molar-refractivity contribution is 7.89. The van der Waals surface area contributed by atoms with Crippen LogP contribution in [0.2, 0.25) is 0 Å². The second kappa shape index (κ2) is 6.45. The molecule has 0 saturated heterocycles. The molecular weight excluding hydrogens is 274 g/mol. The molecule has 20 heavy (non-hydrogen) atoms. The Morgan fingerprint density at radius 3 is 1.95 bits per heavy atom. The number of nitrogens with zero attached hydrogens (tertiary/aromatic N) is 1. The van der Waals surface area contributed by atoms with Gasteiger partial charge in [-0.25, -0.2) is 13.6 Å². The van der Waals surface area contributed by atoms with Crippen molar-refractivity contribution in [3.63, 3.8) is 0 Å². The Morgan fingerprint density at radius 1 is 1.10 bits per heavy atom.